The molecule has 0 radical (unpaired) electrons. The van der Waals surface area contributed by atoms with Crippen molar-refractivity contribution in [3.63, 3.8) is 0 Å². The van der Waals surface area contributed by atoms with Gasteiger partial charge in [-0.25, -0.2) is 0 Å². The summed E-state index contributed by atoms with van der Waals surface area (Å²) in [6.07, 6.45) is 0. The van der Waals surface area contributed by atoms with Crippen molar-refractivity contribution < 1.29 is 14.2 Å². The lowest BCUT2D eigenvalue weighted by atomic mass is 10.0. The second-order valence-electron chi connectivity index (χ2n) is 5.81. The summed E-state index contributed by atoms with van der Waals surface area (Å²) in [5.74, 6) is 2.79. The molecule has 2 N–H and O–H groups in total. The van der Waals surface area contributed by atoms with Gasteiger partial charge in [0.15, 0.2) is 11.5 Å². The third-order valence-electron chi connectivity index (χ3n) is 3.68. The quantitative estimate of drug-likeness (QED) is 0.703. The number of hydrogen-bond donors (Lipinski definition) is 1. The lowest BCUT2D eigenvalue weighted by molar-refractivity contribution is 0.207. The van der Waals surface area contributed by atoms with Crippen LogP contribution in [0.5, 0.6) is 17.2 Å². The first kappa shape index (κ1) is 18.1. The average molecular weight is 329 g/mol. The van der Waals surface area contributed by atoms with Gasteiger partial charge in [0.05, 0.1) is 6.61 Å². The second-order valence-corrected chi connectivity index (χ2v) is 5.81. The first-order valence-electron chi connectivity index (χ1n) is 8.46. The van der Waals surface area contributed by atoms with E-state index < -0.39 is 0 Å². The molecule has 0 spiro atoms. The molecule has 0 aliphatic carbocycles. The predicted octanol–water partition coefficient (Wildman–Crippen LogP) is 4.13. The molecule has 0 heterocycles. The molecule has 0 aromatic heterocycles. The van der Waals surface area contributed by atoms with E-state index in [9.17, 15) is 0 Å². The molecular weight excluding hydrogens is 302 g/mol. The molecule has 2 aromatic carbocycles. The number of ether oxygens (including phenoxy) is 3. The van der Waals surface area contributed by atoms with E-state index in [1.54, 1.807) is 0 Å². The fourth-order valence-electron chi connectivity index (χ4n) is 2.46. The van der Waals surface area contributed by atoms with Crippen molar-refractivity contribution in [1.82, 2.24) is 0 Å². The largest absolute Gasteiger partial charge is 0.490 e. The molecule has 0 amide bonds. The monoisotopic (exact) mass is 329 g/mol. The maximum atomic E-state index is 5.88. The van der Waals surface area contributed by atoms with Gasteiger partial charge in [0, 0.05) is 6.54 Å². The van der Waals surface area contributed by atoms with Crippen LogP contribution in [0.4, 0.5) is 0 Å². The van der Waals surface area contributed by atoms with Gasteiger partial charge in [-0.1, -0.05) is 38.1 Å². The van der Waals surface area contributed by atoms with E-state index in [0.717, 1.165) is 22.8 Å². The fourth-order valence-corrected chi connectivity index (χ4v) is 2.46. The van der Waals surface area contributed by atoms with E-state index in [1.165, 1.54) is 5.56 Å². The Hall–Kier alpha value is -2.20. The van der Waals surface area contributed by atoms with Crippen LogP contribution in [0.2, 0.25) is 0 Å². The maximum absolute atomic E-state index is 5.88. The fraction of sp³-hybridized carbons (Fsp3) is 0.400. The smallest absolute Gasteiger partial charge is 0.161 e. The predicted molar refractivity (Wildman–Crippen MR) is 97.0 cm³/mol. The summed E-state index contributed by atoms with van der Waals surface area (Å²) < 4.78 is 17.3. The highest BCUT2D eigenvalue weighted by molar-refractivity contribution is 5.43. The third-order valence-corrected chi connectivity index (χ3v) is 3.68. The van der Waals surface area contributed by atoms with E-state index in [-0.39, 0.29) is 0 Å². The van der Waals surface area contributed by atoms with E-state index in [1.807, 2.05) is 43.3 Å². The maximum Gasteiger partial charge on any atom is 0.161 e. The van der Waals surface area contributed by atoms with Gasteiger partial charge < -0.3 is 19.9 Å². The van der Waals surface area contributed by atoms with Crippen LogP contribution in [0, 0.1) is 0 Å². The summed E-state index contributed by atoms with van der Waals surface area (Å²) in [4.78, 5) is 0. The minimum absolute atomic E-state index is 0.426. The Labute approximate surface area is 144 Å². The van der Waals surface area contributed by atoms with Crippen molar-refractivity contribution >= 4 is 0 Å². The summed E-state index contributed by atoms with van der Waals surface area (Å²) in [6, 6.07) is 13.9. The second kappa shape index (κ2) is 9.18. The zero-order valence-corrected chi connectivity index (χ0v) is 14.7. The van der Waals surface area contributed by atoms with Crippen LogP contribution in [-0.2, 0) is 6.54 Å². The lowest BCUT2D eigenvalue weighted by Gasteiger charge is -2.15. The minimum Gasteiger partial charge on any atom is -0.490 e. The topological polar surface area (TPSA) is 53.7 Å². The Balaban J connectivity index is 1.93. The summed E-state index contributed by atoms with van der Waals surface area (Å²) in [6.45, 7) is 8.27. The average Bonchev–Trinajstić information content (AvgIpc) is 2.60. The molecule has 0 bridgehead atoms. The van der Waals surface area contributed by atoms with E-state index in [2.05, 4.69) is 19.9 Å². The molecule has 130 valence electrons. The first-order valence-corrected chi connectivity index (χ1v) is 8.46. The Bertz CT molecular complexity index is 641. The summed E-state index contributed by atoms with van der Waals surface area (Å²) >= 11 is 0. The molecule has 0 atom stereocenters. The van der Waals surface area contributed by atoms with Crippen LogP contribution < -0.4 is 19.9 Å². The number of benzene rings is 2. The summed E-state index contributed by atoms with van der Waals surface area (Å²) in [5, 5.41) is 0. The van der Waals surface area contributed by atoms with Gasteiger partial charge in [0.1, 0.15) is 19.0 Å². The molecule has 2 rings (SSSR count). The van der Waals surface area contributed by atoms with E-state index in [0.29, 0.717) is 32.3 Å². The van der Waals surface area contributed by atoms with Crippen LogP contribution in [0.25, 0.3) is 0 Å². The SMILES string of the molecule is CCOc1cc(CN)ccc1OCCOc1ccccc1C(C)C. The molecule has 0 saturated carbocycles. The van der Waals surface area contributed by atoms with E-state index in [4.69, 9.17) is 19.9 Å². The van der Waals surface area contributed by atoms with Gasteiger partial charge in [-0.3, -0.25) is 0 Å². The van der Waals surface area contributed by atoms with Crippen LogP contribution in [0.1, 0.15) is 37.8 Å². The van der Waals surface area contributed by atoms with Crippen LogP contribution in [0.3, 0.4) is 0 Å². The molecular formula is C20H27NO3. The molecule has 0 unspecified atom stereocenters. The van der Waals surface area contributed by atoms with E-state index >= 15 is 0 Å². The highest BCUT2D eigenvalue weighted by Gasteiger charge is 2.08. The molecule has 0 fully saturated rings. The molecule has 0 aliphatic heterocycles. The van der Waals surface area contributed by atoms with Gasteiger partial charge >= 0.3 is 0 Å². The zero-order chi connectivity index (χ0) is 17.4. The number of hydrogen-bond acceptors (Lipinski definition) is 4. The van der Waals surface area contributed by atoms with Gasteiger partial charge in [-0.2, -0.15) is 0 Å². The number of nitrogens with two attached hydrogens (primary N) is 1. The van der Waals surface area contributed by atoms with Gasteiger partial charge in [0.25, 0.3) is 0 Å². The highest BCUT2D eigenvalue weighted by atomic mass is 16.5. The summed E-state index contributed by atoms with van der Waals surface area (Å²) in [5.41, 5.74) is 7.90. The van der Waals surface area contributed by atoms with Crippen LogP contribution in [0.15, 0.2) is 42.5 Å². The van der Waals surface area contributed by atoms with Crippen molar-refractivity contribution in [3.8, 4) is 17.2 Å². The Morgan fingerprint density at radius 3 is 2.25 bits per heavy atom. The van der Waals surface area contributed by atoms with Crippen molar-refractivity contribution in [2.45, 2.75) is 33.2 Å². The standard InChI is InChI=1S/C20H27NO3/c1-4-22-20-13-16(14-21)9-10-19(20)24-12-11-23-18-8-6-5-7-17(18)15(2)3/h5-10,13,15H,4,11-12,14,21H2,1-3H3. The molecule has 0 saturated heterocycles. The third kappa shape index (κ3) is 4.90. The van der Waals surface area contributed by atoms with Crippen LogP contribution in [-0.4, -0.2) is 19.8 Å². The molecule has 0 aliphatic rings. The lowest BCUT2D eigenvalue weighted by Crippen LogP contribution is -2.11. The Kier molecular flexibility index (Phi) is 6.94. The van der Waals surface area contributed by atoms with Gasteiger partial charge in [-0.15, -0.1) is 0 Å². The van der Waals surface area contributed by atoms with Crippen molar-refractivity contribution in [1.29, 1.82) is 0 Å². The molecule has 4 heteroatoms. The molecule has 4 nitrogen and oxygen atoms in total. The van der Waals surface area contributed by atoms with Crippen molar-refractivity contribution in [2.75, 3.05) is 19.8 Å². The minimum atomic E-state index is 0.426. The number of para-hydroxylation sites is 1. The number of rotatable bonds is 9. The van der Waals surface area contributed by atoms with Gasteiger partial charge in [0.2, 0.25) is 0 Å². The van der Waals surface area contributed by atoms with Gasteiger partial charge in [-0.05, 0) is 42.2 Å². The molecule has 24 heavy (non-hydrogen) atoms. The van der Waals surface area contributed by atoms with Crippen molar-refractivity contribution in [3.05, 3.63) is 53.6 Å². The van der Waals surface area contributed by atoms with Crippen molar-refractivity contribution in [2.24, 2.45) is 5.73 Å². The highest BCUT2D eigenvalue weighted by Crippen LogP contribution is 2.29. The first-order chi connectivity index (χ1) is 11.7. The normalized spacial score (nSPS) is 10.7. The van der Waals surface area contributed by atoms with Crippen LogP contribution >= 0.6 is 0 Å². The molecule has 2 aromatic rings. The summed E-state index contributed by atoms with van der Waals surface area (Å²) in [7, 11) is 0. The zero-order valence-electron chi connectivity index (χ0n) is 14.7. The Morgan fingerprint density at radius 1 is 0.875 bits per heavy atom. The Morgan fingerprint density at radius 2 is 1.58 bits per heavy atom.